The second-order valence-electron chi connectivity index (χ2n) is 10.5. The van der Waals surface area contributed by atoms with Crippen LogP contribution in [0.2, 0.25) is 0 Å². The molecule has 0 spiro atoms. The van der Waals surface area contributed by atoms with Crippen LogP contribution in [-0.2, 0) is 0 Å². The Labute approximate surface area is 243 Å². The molecule has 0 aliphatic heterocycles. The molecule has 0 aliphatic carbocycles. The Morgan fingerprint density at radius 2 is 1.14 bits per heavy atom. The van der Waals surface area contributed by atoms with Gasteiger partial charge < -0.3 is 9.32 Å². The number of hydrogen-bond acceptors (Lipinski definition) is 3. The highest BCUT2D eigenvalue weighted by Crippen LogP contribution is 2.39. The summed E-state index contributed by atoms with van der Waals surface area (Å²) in [4.78, 5) is 6.53. The second kappa shape index (κ2) is 10.1. The molecule has 0 fully saturated rings. The first-order valence-electron chi connectivity index (χ1n) is 14.1. The molecule has 2 heterocycles. The van der Waals surface area contributed by atoms with E-state index < -0.39 is 0 Å². The molecule has 0 saturated heterocycles. The Hall–Kier alpha value is -5.67. The predicted molar refractivity (Wildman–Crippen MR) is 175 cm³/mol. The molecule has 3 nitrogen and oxygen atoms in total. The molecule has 0 unspecified atom stereocenters. The quantitative estimate of drug-likeness (QED) is 0.218. The lowest BCUT2D eigenvalue weighted by molar-refractivity contribution is 0.668. The monoisotopic (exact) mass is 538 g/mol. The van der Waals surface area contributed by atoms with Gasteiger partial charge in [0.1, 0.15) is 5.58 Å². The highest BCUT2D eigenvalue weighted by atomic mass is 16.3. The van der Waals surface area contributed by atoms with E-state index in [1.807, 2.05) is 12.3 Å². The molecular weight excluding hydrogens is 512 g/mol. The fourth-order valence-electron chi connectivity index (χ4n) is 5.87. The van der Waals surface area contributed by atoms with E-state index in [1.54, 1.807) is 6.20 Å². The molecule has 0 saturated carbocycles. The van der Waals surface area contributed by atoms with Crippen molar-refractivity contribution in [1.82, 2.24) is 4.98 Å². The first-order chi connectivity index (χ1) is 20.8. The smallest absolute Gasteiger partial charge is 0.153 e. The zero-order chi connectivity index (χ0) is 27.9. The second-order valence-corrected chi connectivity index (χ2v) is 10.5. The number of furan rings is 1. The summed E-state index contributed by atoms with van der Waals surface area (Å²) in [5, 5.41) is 4.69. The van der Waals surface area contributed by atoms with Crippen LogP contribution in [0.4, 0.5) is 17.1 Å². The Bertz CT molecular complexity index is 2180. The van der Waals surface area contributed by atoms with Crippen LogP contribution in [0.3, 0.4) is 0 Å². The Kier molecular flexibility index (Phi) is 5.79. The van der Waals surface area contributed by atoms with Gasteiger partial charge in [-0.1, -0.05) is 97.1 Å². The van der Waals surface area contributed by atoms with E-state index in [9.17, 15) is 0 Å². The summed E-state index contributed by atoms with van der Waals surface area (Å²) in [5.41, 5.74) is 9.58. The molecule has 0 bridgehead atoms. The van der Waals surface area contributed by atoms with Gasteiger partial charge in [0.25, 0.3) is 0 Å². The van der Waals surface area contributed by atoms with Crippen LogP contribution in [0.15, 0.2) is 162 Å². The summed E-state index contributed by atoms with van der Waals surface area (Å²) in [7, 11) is 0. The average molecular weight is 539 g/mol. The molecule has 8 rings (SSSR count). The highest BCUT2D eigenvalue weighted by Gasteiger charge is 2.15. The van der Waals surface area contributed by atoms with Crippen molar-refractivity contribution in [2.75, 3.05) is 4.90 Å². The molecule has 8 aromatic rings. The summed E-state index contributed by atoms with van der Waals surface area (Å²) in [6, 6.07) is 51.5. The van der Waals surface area contributed by atoms with Crippen LogP contribution < -0.4 is 4.90 Å². The van der Waals surface area contributed by atoms with E-state index in [1.165, 1.54) is 21.9 Å². The highest BCUT2D eigenvalue weighted by molar-refractivity contribution is 6.09. The third-order valence-corrected chi connectivity index (χ3v) is 7.96. The van der Waals surface area contributed by atoms with E-state index in [2.05, 4.69) is 149 Å². The largest absolute Gasteiger partial charge is 0.454 e. The average Bonchev–Trinajstić information content (AvgIpc) is 3.45. The Balaban J connectivity index is 1.17. The number of rotatable bonds is 5. The summed E-state index contributed by atoms with van der Waals surface area (Å²) in [6.45, 7) is 0. The minimum Gasteiger partial charge on any atom is -0.454 e. The lowest BCUT2D eigenvalue weighted by Crippen LogP contribution is -2.09. The van der Waals surface area contributed by atoms with Crippen molar-refractivity contribution in [3.8, 4) is 22.3 Å². The lowest BCUT2D eigenvalue weighted by Gasteiger charge is -2.26. The van der Waals surface area contributed by atoms with Crippen molar-refractivity contribution in [2.45, 2.75) is 0 Å². The van der Waals surface area contributed by atoms with E-state index in [-0.39, 0.29) is 0 Å². The van der Waals surface area contributed by atoms with Crippen molar-refractivity contribution < 1.29 is 4.42 Å². The van der Waals surface area contributed by atoms with Crippen molar-refractivity contribution >= 4 is 49.8 Å². The van der Waals surface area contributed by atoms with Crippen molar-refractivity contribution in [3.05, 3.63) is 158 Å². The van der Waals surface area contributed by atoms with Gasteiger partial charge in [-0.05, 0) is 76.0 Å². The molecule has 198 valence electrons. The maximum Gasteiger partial charge on any atom is 0.153 e. The van der Waals surface area contributed by atoms with Gasteiger partial charge in [-0.25, -0.2) is 0 Å². The number of hydrogen-bond donors (Lipinski definition) is 0. The zero-order valence-electron chi connectivity index (χ0n) is 22.8. The third kappa shape index (κ3) is 4.20. The predicted octanol–water partition coefficient (Wildman–Crippen LogP) is 10.9. The molecule has 42 heavy (non-hydrogen) atoms. The summed E-state index contributed by atoms with van der Waals surface area (Å²) in [5.74, 6) is 0. The molecular formula is C39H26N2O. The molecule has 6 aromatic carbocycles. The SMILES string of the molecule is c1ccc(N(c2ccc(-c3ccc4ccccc4c3)cc2)c2ccc(-c3cccc4c3oc3cnccc34)cc2)cc1. The van der Waals surface area contributed by atoms with Gasteiger partial charge in [-0.2, -0.15) is 0 Å². The van der Waals surface area contributed by atoms with Crippen LogP contribution in [0, 0.1) is 0 Å². The number of fused-ring (bicyclic) bond motifs is 4. The van der Waals surface area contributed by atoms with Crippen molar-refractivity contribution in [3.63, 3.8) is 0 Å². The summed E-state index contributed by atoms with van der Waals surface area (Å²) < 4.78 is 6.25. The maximum absolute atomic E-state index is 6.25. The number of benzene rings is 6. The van der Waals surface area contributed by atoms with Gasteiger partial charge in [-0.3, -0.25) is 4.98 Å². The summed E-state index contributed by atoms with van der Waals surface area (Å²) >= 11 is 0. The Morgan fingerprint density at radius 1 is 0.476 bits per heavy atom. The third-order valence-electron chi connectivity index (χ3n) is 7.96. The van der Waals surface area contributed by atoms with Gasteiger partial charge in [-0.15, -0.1) is 0 Å². The molecule has 3 heteroatoms. The molecule has 0 N–H and O–H groups in total. The standard InChI is InChI=1S/C39H26N2O/c1-2-9-32(10-3-1)41(33-19-15-28(16-20-33)31-14-13-27-7-4-5-8-30(27)25-31)34-21-17-29(18-22-34)35-11-6-12-37-36-23-24-40-26-38(36)42-39(35)37/h1-26H. The van der Waals surface area contributed by atoms with Crippen LogP contribution >= 0.6 is 0 Å². The van der Waals surface area contributed by atoms with Crippen molar-refractivity contribution in [2.24, 2.45) is 0 Å². The van der Waals surface area contributed by atoms with E-state index in [0.717, 1.165) is 50.1 Å². The number of anilines is 3. The molecule has 0 aliphatic rings. The van der Waals surface area contributed by atoms with E-state index in [4.69, 9.17) is 4.42 Å². The topological polar surface area (TPSA) is 29.3 Å². The van der Waals surface area contributed by atoms with Gasteiger partial charge in [0, 0.05) is 39.6 Å². The first kappa shape index (κ1) is 24.2. The minimum atomic E-state index is 0.805. The van der Waals surface area contributed by atoms with E-state index >= 15 is 0 Å². The molecule has 2 aromatic heterocycles. The van der Waals surface area contributed by atoms with Crippen LogP contribution in [0.1, 0.15) is 0 Å². The number of aromatic nitrogens is 1. The van der Waals surface area contributed by atoms with E-state index in [0.29, 0.717) is 0 Å². The van der Waals surface area contributed by atoms with Gasteiger partial charge in [0.05, 0.1) is 6.20 Å². The maximum atomic E-state index is 6.25. The number of pyridine rings is 1. The Morgan fingerprint density at radius 3 is 1.93 bits per heavy atom. The molecule has 0 amide bonds. The summed E-state index contributed by atoms with van der Waals surface area (Å²) in [6.07, 6.45) is 3.59. The van der Waals surface area contributed by atoms with Gasteiger partial charge in [0.2, 0.25) is 0 Å². The zero-order valence-corrected chi connectivity index (χ0v) is 22.8. The lowest BCUT2D eigenvalue weighted by atomic mass is 10.0. The number of nitrogens with zero attached hydrogens (tertiary/aromatic N) is 2. The normalized spacial score (nSPS) is 11.3. The van der Waals surface area contributed by atoms with Crippen LogP contribution in [-0.4, -0.2) is 4.98 Å². The first-order valence-corrected chi connectivity index (χ1v) is 14.1. The molecule has 0 atom stereocenters. The fraction of sp³-hybridized carbons (Fsp3) is 0. The van der Waals surface area contributed by atoms with Crippen molar-refractivity contribution in [1.29, 1.82) is 0 Å². The molecule has 0 radical (unpaired) electrons. The van der Waals surface area contributed by atoms with Gasteiger partial charge in [0.15, 0.2) is 5.58 Å². The van der Waals surface area contributed by atoms with Crippen LogP contribution in [0.5, 0.6) is 0 Å². The fourth-order valence-corrected chi connectivity index (χ4v) is 5.87. The number of para-hydroxylation sites is 2. The van der Waals surface area contributed by atoms with Crippen LogP contribution in [0.25, 0.3) is 55.0 Å². The van der Waals surface area contributed by atoms with Gasteiger partial charge >= 0.3 is 0 Å². The minimum absolute atomic E-state index is 0.805.